The van der Waals surface area contributed by atoms with E-state index in [0.29, 0.717) is 28.9 Å². The number of ether oxygens (including phenoxy) is 3. The minimum atomic E-state index is 0.186. The molecule has 0 amide bonds. The average Bonchev–Trinajstić information content (AvgIpc) is 3.34. The highest BCUT2D eigenvalue weighted by Crippen LogP contribution is 2.39. The van der Waals surface area contributed by atoms with Crippen LogP contribution in [-0.4, -0.2) is 40.8 Å². The Morgan fingerprint density at radius 3 is 2.45 bits per heavy atom. The molecule has 0 saturated heterocycles. The number of aromatic nitrogens is 4. The lowest BCUT2D eigenvalue weighted by Crippen LogP contribution is -1.99. The monoisotopic (exact) mass is 431 g/mol. The van der Waals surface area contributed by atoms with Crippen molar-refractivity contribution in [3.8, 4) is 22.9 Å². The Balaban J connectivity index is 1.70. The van der Waals surface area contributed by atoms with Gasteiger partial charge >= 0.3 is 0 Å². The summed E-state index contributed by atoms with van der Waals surface area (Å²) in [6.07, 6.45) is 3.52. The highest BCUT2D eigenvalue weighted by molar-refractivity contribution is 7.18. The van der Waals surface area contributed by atoms with Gasteiger partial charge in [0.25, 0.3) is 0 Å². The summed E-state index contributed by atoms with van der Waals surface area (Å²) in [6.45, 7) is 1.99. The van der Waals surface area contributed by atoms with Crippen molar-refractivity contribution in [1.29, 1.82) is 0 Å². The van der Waals surface area contributed by atoms with Gasteiger partial charge in [0.2, 0.25) is 11.0 Å². The second-order valence-electron chi connectivity index (χ2n) is 6.11. The third-order valence-electron chi connectivity index (χ3n) is 4.34. The molecule has 3 heterocycles. The van der Waals surface area contributed by atoms with Crippen molar-refractivity contribution in [2.24, 2.45) is 0 Å². The number of halogens is 1. The summed E-state index contributed by atoms with van der Waals surface area (Å²) < 4.78 is 19.0. The number of hydrogen-bond acceptors (Lipinski definition) is 8. The van der Waals surface area contributed by atoms with Crippen LogP contribution in [0.25, 0.3) is 15.9 Å². The van der Waals surface area contributed by atoms with Gasteiger partial charge in [0.05, 0.1) is 43.4 Å². The SMILES string of the molecule is COc1cc(-n2cnc(Nc3nc(Cl)nc4c(C)csc34)c2)cc(OC)c1OC. The van der Waals surface area contributed by atoms with E-state index in [1.54, 1.807) is 39.0 Å². The topological polar surface area (TPSA) is 83.3 Å². The Morgan fingerprint density at radius 2 is 1.79 bits per heavy atom. The number of nitrogens with one attached hydrogen (secondary N) is 1. The third kappa shape index (κ3) is 3.54. The molecule has 0 atom stereocenters. The van der Waals surface area contributed by atoms with Gasteiger partial charge in [0, 0.05) is 12.1 Å². The van der Waals surface area contributed by atoms with E-state index in [1.807, 2.05) is 35.2 Å². The summed E-state index contributed by atoms with van der Waals surface area (Å²) in [5, 5.41) is 5.44. The van der Waals surface area contributed by atoms with E-state index in [2.05, 4.69) is 20.3 Å². The van der Waals surface area contributed by atoms with Crippen LogP contribution in [0, 0.1) is 6.92 Å². The molecule has 0 radical (unpaired) electrons. The second kappa shape index (κ2) is 7.76. The fraction of sp³-hybridized carbons (Fsp3) is 0.211. The zero-order valence-corrected chi connectivity index (χ0v) is 17.8. The van der Waals surface area contributed by atoms with Crippen molar-refractivity contribution >= 4 is 44.8 Å². The molecule has 0 spiro atoms. The minimum Gasteiger partial charge on any atom is -0.493 e. The normalized spacial score (nSPS) is 10.9. The number of rotatable bonds is 6. The number of fused-ring (bicyclic) bond motifs is 1. The molecule has 0 unspecified atom stereocenters. The molecule has 8 nitrogen and oxygen atoms in total. The number of methoxy groups -OCH3 is 3. The maximum absolute atomic E-state index is 6.09. The van der Waals surface area contributed by atoms with Crippen molar-refractivity contribution in [2.75, 3.05) is 26.6 Å². The number of hydrogen-bond donors (Lipinski definition) is 1. The van der Waals surface area contributed by atoms with E-state index >= 15 is 0 Å². The summed E-state index contributed by atoms with van der Waals surface area (Å²) in [6, 6.07) is 3.68. The Hall–Kier alpha value is -3.04. The van der Waals surface area contributed by atoms with Crippen molar-refractivity contribution in [3.63, 3.8) is 0 Å². The summed E-state index contributed by atoms with van der Waals surface area (Å²) in [7, 11) is 4.73. The lowest BCUT2D eigenvalue weighted by atomic mass is 10.2. The quantitative estimate of drug-likeness (QED) is 0.446. The number of thiophene rings is 1. The summed E-state index contributed by atoms with van der Waals surface area (Å²) >= 11 is 7.65. The first-order chi connectivity index (χ1) is 14.0. The Labute approximate surface area is 176 Å². The molecule has 0 aliphatic heterocycles. The highest BCUT2D eigenvalue weighted by atomic mass is 35.5. The van der Waals surface area contributed by atoms with Crippen LogP contribution in [0.5, 0.6) is 17.2 Å². The lowest BCUT2D eigenvalue weighted by Gasteiger charge is -2.14. The summed E-state index contributed by atoms with van der Waals surface area (Å²) in [5.74, 6) is 2.88. The first-order valence-corrected chi connectivity index (χ1v) is 9.82. The molecule has 0 aliphatic carbocycles. The Bertz CT molecular complexity index is 1170. The Kier molecular flexibility index (Phi) is 5.16. The van der Waals surface area contributed by atoms with Crippen LogP contribution in [0.4, 0.5) is 11.6 Å². The maximum atomic E-state index is 6.09. The maximum Gasteiger partial charge on any atom is 0.224 e. The summed E-state index contributed by atoms with van der Waals surface area (Å²) in [4.78, 5) is 13.0. The molecule has 4 aromatic rings. The van der Waals surface area contributed by atoms with Gasteiger partial charge < -0.3 is 24.1 Å². The van der Waals surface area contributed by atoms with E-state index in [1.165, 1.54) is 0 Å². The van der Waals surface area contributed by atoms with Gasteiger partial charge in [-0.05, 0) is 29.5 Å². The molecule has 0 fully saturated rings. The van der Waals surface area contributed by atoms with E-state index in [-0.39, 0.29) is 5.28 Å². The van der Waals surface area contributed by atoms with Gasteiger partial charge in [0.15, 0.2) is 17.3 Å². The smallest absolute Gasteiger partial charge is 0.224 e. The van der Waals surface area contributed by atoms with E-state index in [9.17, 15) is 0 Å². The van der Waals surface area contributed by atoms with Crippen LogP contribution in [0.2, 0.25) is 5.28 Å². The molecule has 1 N–H and O–H groups in total. The van der Waals surface area contributed by atoms with Crippen LogP contribution in [0.15, 0.2) is 30.0 Å². The van der Waals surface area contributed by atoms with Crippen LogP contribution in [0.3, 0.4) is 0 Å². The number of nitrogens with zero attached hydrogens (tertiary/aromatic N) is 4. The van der Waals surface area contributed by atoms with Crippen LogP contribution >= 0.6 is 22.9 Å². The highest BCUT2D eigenvalue weighted by Gasteiger charge is 2.16. The fourth-order valence-electron chi connectivity index (χ4n) is 2.96. The van der Waals surface area contributed by atoms with Gasteiger partial charge in [-0.2, -0.15) is 4.98 Å². The second-order valence-corrected chi connectivity index (χ2v) is 7.33. The molecule has 10 heteroatoms. The molecule has 150 valence electrons. The number of anilines is 2. The van der Waals surface area contributed by atoms with Crippen LogP contribution in [-0.2, 0) is 0 Å². The van der Waals surface area contributed by atoms with Gasteiger partial charge in [-0.1, -0.05) is 0 Å². The molecular weight excluding hydrogens is 414 g/mol. The van der Waals surface area contributed by atoms with E-state index < -0.39 is 0 Å². The largest absolute Gasteiger partial charge is 0.493 e. The molecule has 3 aromatic heterocycles. The van der Waals surface area contributed by atoms with Crippen LogP contribution in [0.1, 0.15) is 5.56 Å². The predicted molar refractivity (Wildman–Crippen MR) is 114 cm³/mol. The molecule has 1 aromatic carbocycles. The minimum absolute atomic E-state index is 0.186. The number of aryl methyl sites for hydroxylation is 1. The first-order valence-electron chi connectivity index (χ1n) is 8.56. The van der Waals surface area contributed by atoms with Crippen molar-refractivity contribution in [3.05, 3.63) is 40.9 Å². The molecular formula is C19H18ClN5O3S. The van der Waals surface area contributed by atoms with Crippen molar-refractivity contribution < 1.29 is 14.2 Å². The van der Waals surface area contributed by atoms with E-state index in [0.717, 1.165) is 21.5 Å². The Morgan fingerprint density at radius 1 is 1.07 bits per heavy atom. The standard InChI is InChI=1S/C19H18ClN5O3S/c1-10-8-29-17-15(10)23-19(20)24-18(17)22-14-7-25(9-21-14)11-5-12(26-2)16(28-4)13(6-11)27-3/h5-9H,1-4H3,(H,22,23,24). The zero-order chi connectivity index (χ0) is 20.5. The molecule has 0 saturated carbocycles. The first kappa shape index (κ1) is 19.3. The molecule has 0 bridgehead atoms. The van der Waals surface area contributed by atoms with Crippen molar-refractivity contribution in [2.45, 2.75) is 6.92 Å². The molecule has 4 rings (SSSR count). The number of imidazole rings is 1. The van der Waals surface area contributed by atoms with Gasteiger partial charge in [-0.15, -0.1) is 11.3 Å². The third-order valence-corrected chi connectivity index (χ3v) is 5.60. The van der Waals surface area contributed by atoms with Gasteiger partial charge in [0.1, 0.15) is 12.1 Å². The molecule has 29 heavy (non-hydrogen) atoms. The summed E-state index contributed by atoms with van der Waals surface area (Å²) in [5.41, 5.74) is 2.69. The van der Waals surface area contributed by atoms with E-state index in [4.69, 9.17) is 25.8 Å². The van der Waals surface area contributed by atoms with Crippen molar-refractivity contribution in [1.82, 2.24) is 19.5 Å². The fourth-order valence-corrected chi connectivity index (χ4v) is 4.06. The van der Waals surface area contributed by atoms with Gasteiger partial charge in [-0.3, -0.25) is 0 Å². The van der Waals surface area contributed by atoms with Gasteiger partial charge in [-0.25, -0.2) is 9.97 Å². The number of benzene rings is 1. The molecule has 0 aliphatic rings. The lowest BCUT2D eigenvalue weighted by molar-refractivity contribution is 0.324. The predicted octanol–water partition coefficient (Wildman–Crippen LogP) is 4.61. The van der Waals surface area contributed by atoms with Crippen LogP contribution < -0.4 is 19.5 Å². The average molecular weight is 432 g/mol. The zero-order valence-electron chi connectivity index (χ0n) is 16.2.